The summed E-state index contributed by atoms with van der Waals surface area (Å²) in [4.78, 5) is 0. The predicted molar refractivity (Wildman–Crippen MR) is 77.6 cm³/mol. The van der Waals surface area contributed by atoms with E-state index in [9.17, 15) is 0 Å². The molecule has 2 unspecified atom stereocenters. The van der Waals surface area contributed by atoms with Gasteiger partial charge in [0.05, 0.1) is 6.61 Å². The van der Waals surface area contributed by atoms with Gasteiger partial charge in [-0.3, -0.25) is 0 Å². The summed E-state index contributed by atoms with van der Waals surface area (Å²) in [5, 5.41) is 8.68. The van der Waals surface area contributed by atoms with Crippen molar-refractivity contribution in [3.8, 4) is 17.1 Å². The van der Waals surface area contributed by atoms with Gasteiger partial charge in [0.25, 0.3) is 0 Å². The van der Waals surface area contributed by atoms with Crippen molar-refractivity contribution < 1.29 is 4.74 Å². The molecule has 5 nitrogen and oxygen atoms in total. The van der Waals surface area contributed by atoms with Crippen molar-refractivity contribution in [2.75, 3.05) is 6.61 Å². The van der Waals surface area contributed by atoms with Crippen molar-refractivity contribution in [3.63, 3.8) is 0 Å². The number of benzene rings is 1. The Morgan fingerprint density at radius 2 is 2.05 bits per heavy atom. The molecule has 2 aromatic rings. The van der Waals surface area contributed by atoms with Gasteiger partial charge in [-0.1, -0.05) is 6.92 Å². The number of aromatic nitrogens is 3. The lowest BCUT2D eigenvalue weighted by atomic mass is 9.97. The molecule has 20 heavy (non-hydrogen) atoms. The summed E-state index contributed by atoms with van der Waals surface area (Å²) < 4.78 is 7.61. The third-order valence-corrected chi connectivity index (χ3v) is 3.72. The Morgan fingerprint density at radius 1 is 1.30 bits per heavy atom. The van der Waals surface area contributed by atoms with Crippen LogP contribution in [0.2, 0.25) is 0 Å². The molecule has 2 heterocycles. The van der Waals surface area contributed by atoms with Crippen LogP contribution in [-0.4, -0.2) is 27.4 Å². The lowest BCUT2D eigenvalue weighted by Crippen LogP contribution is -2.33. The van der Waals surface area contributed by atoms with Crippen molar-refractivity contribution in [1.29, 1.82) is 0 Å². The minimum Gasteiger partial charge on any atom is -0.494 e. The van der Waals surface area contributed by atoms with E-state index in [1.165, 1.54) is 0 Å². The number of fused-ring (bicyclic) bond motifs is 1. The normalized spacial score (nSPS) is 21.6. The molecule has 0 spiro atoms. The summed E-state index contributed by atoms with van der Waals surface area (Å²) in [5.41, 5.74) is 7.16. The second-order valence-corrected chi connectivity index (χ2v) is 5.35. The largest absolute Gasteiger partial charge is 0.494 e. The summed E-state index contributed by atoms with van der Waals surface area (Å²) in [5.74, 6) is 3.17. The van der Waals surface area contributed by atoms with Crippen LogP contribution in [0.3, 0.4) is 0 Å². The van der Waals surface area contributed by atoms with Gasteiger partial charge in [-0.05, 0) is 37.6 Å². The molecule has 0 aliphatic carbocycles. The fraction of sp³-hybridized carbons (Fsp3) is 0.467. The van der Waals surface area contributed by atoms with Gasteiger partial charge in [-0.15, -0.1) is 10.2 Å². The summed E-state index contributed by atoms with van der Waals surface area (Å²) in [6.45, 7) is 5.59. The van der Waals surface area contributed by atoms with E-state index in [2.05, 4.69) is 21.7 Å². The zero-order chi connectivity index (χ0) is 14.1. The lowest BCUT2D eigenvalue weighted by molar-refractivity contribution is 0.340. The van der Waals surface area contributed by atoms with Crippen LogP contribution in [0.25, 0.3) is 11.4 Å². The van der Waals surface area contributed by atoms with Crippen LogP contribution in [0, 0.1) is 0 Å². The third kappa shape index (κ3) is 2.29. The molecule has 0 radical (unpaired) electrons. The molecule has 5 heteroatoms. The Balaban J connectivity index is 1.95. The van der Waals surface area contributed by atoms with Crippen LogP contribution in [0.5, 0.6) is 5.75 Å². The fourth-order valence-corrected chi connectivity index (χ4v) is 2.81. The average Bonchev–Trinajstić information content (AvgIpc) is 2.84. The molecule has 106 valence electrons. The highest BCUT2D eigenvalue weighted by atomic mass is 16.5. The maximum Gasteiger partial charge on any atom is 0.164 e. The van der Waals surface area contributed by atoms with Gasteiger partial charge in [0.2, 0.25) is 0 Å². The summed E-state index contributed by atoms with van der Waals surface area (Å²) >= 11 is 0. The number of ether oxygens (including phenoxy) is 1. The molecule has 0 amide bonds. The van der Waals surface area contributed by atoms with Gasteiger partial charge in [0.15, 0.2) is 5.82 Å². The van der Waals surface area contributed by atoms with Crippen molar-refractivity contribution in [1.82, 2.24) is 14.8 Å². The Morgan fingerprint density at radius 3 is 2.75 bits per heavy atom. The highest BCUT2D eigenvalue weighted by molar-refractivity contribution is 5.57. The van der Waals surface area contributed by atoms with Crippen molar-refractivity contribution in [3.05, 3.63) is 30.1 Å². The topological polar surface area (TPSA) is 66.0 Å². The highest BCUT2D eigenvalue weighted by Crippen LogP contribution is 2.29. The van der Waals surface area contributed by atoms with Crippen molar-refractivity contribution in [2.24, 2.45) is 5.73 Å². The first-order chi connectivity index (χ1) is 9.69. The van der Waals surface area contributed by atoms with Crippen molar-refractivity contribution >= 4 is 0 Å². The van der Waals surface area contributed by atoms with E-state index in [1.807, 2.05) is 31.2 Å². The van der Waals surface area contributed by atoms with Gasteiger partial charge in [0.1, 0.15) is 11.6 Å². The maximum atomic E-state index is 6.11. The Bertz CT molecular complexity index is 590. The first-order valence-electron chi connectivity index (χ1n) is 7.11. The van der Waals surface area contributed by atoms with Crippen LogP contribution in [0.1, 0.15) is 32.0 Å². The SMILES string of the molecule is CCOc1ccc(-c2nnc3n2CC(N)CC3C)cc1. The van der Waals surface area contributed by atoms with E-state index in [0.717, 1.165) is 35.9 Å². The molecule has 0 fully saturated rings. The van der Waals surface area contributed by atoms with E-state index >= 15 is 0 Å². The molecular formula is C15H20N4O. The molecule has 0 saturated heterocycles. The second-order valence-electron chi connectivity index (χ2n) is 5.35. The van der Waals surface area contributed by atoms with E-state index in [1.54, 1.807) is 0 Å². The standard InChI is InChI=1S/C15H20N4O/c1-3-20-13-6-4-11(5-7-13)15-18-17-14-10(2)8-12(16)9-19(14)15/h4-7,10,12H,3,8-9,16H2,1-2H3. The predicted octanol–water partition coefficient (Wildman–Crippen LogP) is 2.18. The molecule has 2 N–H and O–H groups in total. The van der Waals surface area contributed by atoms with Crippen LogP contribution < -0.4 is 10.5 Å². The van der Waals surface area contributed by atoms with E-state index < -0.39 is 0 Å². The first-order valence-corrected chi connectivity index (χ1v) is 7.11. The van der Waals surface area contributed by atoms with Gasteiger partial charge >= 0.3 is 0 Å². The summed E-state index contributed by atoms with van der Waals surface area (Å²) in [7, 11) is 0. The molecular weight excluding hydrogens is 252 g/mol. The van der Waals surface area contributed by atoms with Crippen LogP contribution in [0.15, 0.2) is 24.3 Å². The molecule has 0 saturated carbocycles. The molecule has 1 aromatic carbocycles. The molecule has 2 atom stereocenters. The molecule has 3 rings (SSSR count). The Kier molecular flexibility index (Phi) is 3.44. The number of nitrogens with two attached hydrogens (primary N) is 1. The molecule has 1 aliphatic heterocycles. The Hall–Kier alpha value is -1.88. The number of rotatable bonds is 3. The monoisotopic (exact) mass is 272 g/mol. The van der Waals surface area contributed by atoms with Crippen LogP contribution in [0.4, 0.5) is 0 Å². The number of nitrogens with zero attached hydrogens (tertiary/aromatic N) is 3. The summed E-state index contributed by atoms with van der Waals surface area (Å²) in [6.07, 6.45) is 0.974. The van der Waals surface area contributed by atoms with Gasteiger partial charge in [-0.2, -0.15) is 0 Å². The lowest BCUT2D eigenvalue weighted by Gasteiger charge is -2.25. The maximum absolute atomic E-state index is 6.11. The zero-order valence-corrected chi connectivity index (χ0v) is 11.9. The Labute approximate surface area is 118 Å². The number of hydrogen-bond acceptors (Lipinski definition) is 4. The number of hydrogen-bond donors (Lipinski definition) is 1. The minimum absolute atomic E-state index is 0.176. The molecule has 1 aliphatic rings. The van der Waals surface area contributed by atoms with Crippen LogP contribution >= 0.6 is 0 Å². The first kappa shape index (κ1) is 13.1. The average molecular weight is 272 g/mol. The smallest absolute Gasteiger partial charge is 0.164 e. The highest BCUT2D eigenvalue weighted by Gasteiger charge is 2.26. The van der Waals surface area contributed by atoms with Gasteiger partial charge in [-0.25, -0.2) is 0 Å². The van der Waals surface area contributed by atoms with Gasteiger partial charge < -0.3 is 15.0 Å². The summed E-state index contributed by atoms with van der Waals surface area (Å²) in [6, 6.07) is 8.15. The minimum atomic E-state index is 0.176. The van der Waals surface area contributed by atoms with E-state index in [4.69, 9.17) is 10.5 Å². The molecule has 0 bridgehead atoms. The third-order valence-electron chi connectivity index (χ3n) is 3.72. The quantitative estimate of drug-likeness (QED) is 0.930. The zero-order valence-electron chi connectivity index (χ0n) is 11.9. The fourth-order valence-electron chi connectivity index (χ4n) is 2.81. The van der Waals surface area contributed by atoms with E-state index in [-0.39, 0.29) is 6.04 Å². The second kappa shape index (κ2) is 5.25. The van der Waals surface area contributed by atoms with Gasteiger partial charge in [0, 0.05) is 24.1 Å². The van der Waals surface area contributed by atoms with E-state index in [0.29, 0.717) is 12.5 Å². The van der Waals surface area contributed by atoms with Crippen LogP contribution in [-0.2, 0) is 6.54 Å². The molecule has 1 aromatic heterocycles. The van der Waals surface area contributed by atoms with Crippen molar-refractivity contribution in [2.45, 2.75) is 38.8 Å².